The minimum absolute atomic E-state index is 0.341. The molecule has 0 aromatic heterocycles. The molecule has 0 N–H and O–H groups in total. The van der Waals surface area contributed by atoms with Crippen molar-refractivity contribution in [3.05, 3.63) is 0 Å². The number of fused-ring (bicyclic) bond motifs is 1. The molecule has 19 heavy (non-hydrogen) atoms. The highest BCUT2D eigenvalue weighted by Crippen LogP contribution is 2.45. The Morgan fingerprint density at radius 3 is 2.11 bits per heavy atom. The summed E-state index contributed by atoms with van der Waals surface area (Å²) in [5, 5.41) is 0. The second-order valence-corrected chi connectivity index (χ2v) is 6.55. The van der Waals surface area contributed by atoms with Crippen LogP contribution < -0.4 is 0 Å². The van der Waals surface area contributed by atoms with Crippen molar-refractivity contribution in [3.8, 4) is 0 Å². The molecule has 2 rings (SSSR count). The number of hydrogen-bond acceptors (Lipinski definition) is 2. The summed E-state index contributed by atoms with van der Waals surface area (Å²) in [6.07, 6.45) is 16.9. The summed E-state index contributed by atoms with van der Waals surface area (Å²) in [6, 6.07) is 0. The van der Waals surface area contributed by atoms with Crippen LogP contribution in [-0.2, 0) is 9.53 Å². The van der Waals surface area contributed by atoms with Crippen LogP contribution in [0, 0.1) is 5.92 Å². The van der Waals surface area contributed by atoms with Crippen LogP contribution in [0.2, 0.25) is 0 Å². The molecule has 0 amide bonds. The van der Waals surface area contributed by atoms with E-state index in [2.05, 4.69) is 0 Å². The van der Waals surface area contributed by atoms with E-state index >= 15 is 0 Å². The monoisotopic (exact) mass is 266 g/mol. The highest BCUT2D eigenvalue weighted by molar-refractivity contribution is 5.75. The van der Waals surface area contributed by atoms with E-state index in [1.165, 1.54) is 64.2 Å². The van der Waals surface area contributed by atoms with Crippen LogP contribution in [0.4, 0.5) is 0 Å². The van der Waals surface area contributed by atoms with E-state index in [4.69, 9.17) is 4.74 Å². The number of ether oxygens (including phenoxy) is 1. The molecule has 0 radical (unpaired) electrons. The van der Waals surface area contributed by atoms with Gasteiger partial charge in [-0.25, -0.2) is 0 Å². The molecule has 0 bridgehead atoms. The van der Waals surface area contributed by atoms with Crippen LogP contribution in [0.5, 0.6) is 0 Å². The molecule has 2 fully saturated rings. The first kappa shape index (κ1) is 15.0. The molecule has 110 valence electrons. The lowest BCUT2D eigenvalue weighted by Crippen LogP contribution is -2.03. The molecule has 1 aliphatic carbocycles. The first-order valence-corrected chi connectivity index (χ1v) is 8.42. The van der Waals surface area contributed by atoms with Crippen molar-refractivity contribution in [2.45, 2.75) is 96.2 Å². The molecule has 2 aliphatic rings. The van der Waals surface area contributed by atoms with Gasteiger partial charge in [-0.3, -0.25) is 0 Å². The maximum atomic E-state index is 10.8. The van der Waals surface area contributed by atoms with Crippen molar-refractivity contribution in [3.63, 3.8) is 0 Å². The molecular weight excluding hydrogens is 236 g/mol. The van der Waals surface area contributed by atoms with Crippen molar-refractivity contribution in [2.24, 2.45) is 5.92 Å². The highest BCUT2D eigenvalue weighted by atomic mass is 16.6. The Kier molecular flexibility index (Phi) is 6.36. The van der Waals surface area contributed by atoms with Gasteiger partial charge in [-0.1, -0.05) is 44.9 Å². The van der Waals surface area contributed by atoms with Crippen molar-refractivity contribution < 1.29 is 9.53 Å². The number of rotatable bonds is 11. The van der Waals surface area contributed by atoms with Crippen molar-refractivity contribution >= 4 is 5.78 Å². The minimum atomic E-state index is 0.341. The number of hydrogen-bond donors (Lipinski definition) is 0. The molecule has 0 unspecified atom stereocenters. The average molecular weight is 266 g/mol. The van der Waals surface area contributed by atoms with Crippen molar-refractivity contribution in [1.82, 2.24) is 0 Å². The highest BCUT2D eigenvalue weighted by Gasteiger charge is 2.49. The molecule has 0 spiro atoms. The maximum Gasteiger partial charge on any atom is 0.129 e. The standard InChI is InChI=1S/C17H30O2/c1-14(18)10-8-6-4-2-3-5-7-9-11-15-12-13-16-17(15)19-16/h15-17H,2-13H2,1H3/t15-,16-,17+/m0/s1. The summed E-state index contributed by atoms with van der Waals surface area (Å²) in [4.78, 5) is 10.8. The Hall–Kier alpha value is -0.370. The Bertz CT molecular complexity index is 274. The Morgan fingerprint density at radius 2 is 1.58 bits per heavy atom. The number of unbranched alkanes of at least 4 members (excludes halogenated alkanes) is 7. The third-order valence-corrected chi connectivity index (χ3v) is 4.76. The van der Waals surface area contributed by atoms with E-state index in [1.807, 2.05) is 0 Å². The summed E-state index contributed by atoms with van der Waals surface area (Å²) < 4.78 is 5.59. The minimum Gasteiger partial charge on any atom is -0.369 e. The van der Waals surface area contributed by atoms with Gasteiger partial charge in [0.05, 0.1) is 12.2 Å². The maximum absolute atomic E-state index is 10.8. The SMILES string of the molecule is CC(=O)CCCCCCCCCC[C@H]1CC[C@@H]2O[C@H]12. The smallest absolute Gasteiger partial charge is 0.129 e. The van der Waals surface area contributed by atoms with E-state index in [0.717, 1.165) is 18.8 Å². The molecule has 1 aliphatic heterocycles. The van der Waals surface area contributed by atoms with Gasteiger partial charge in [0.15, 0.2) is 0 Å². The predicted octanol–water partition coefficient (Wildman–Crippen LogP) is 4.65. The number of Topliss-reactive ketones (excluding diaryl/α,β-unsaturated/α-hetero) is 1. The molecule has 1 saturated heterocycles. The fourth-order valence-corrected chi connectivity index (χ4v) is 3.50. The number of epoxide rings is 1. The molecule has 0 aromatic carbocycles. The van der Waals surface area contributed by atoms with Gasteiger partial charge >= 0.3 is 0 Å². The van der Waals surface area contributed by atoms with Gasteiger partial charge in [0.1, 0.15) is 5.78 Å². The topological polar surface area (TPSA) is 29.6 Å². The second kappa shape index (κ2) is 8.04. The summed E-state index contributed by atoms with van der Waals surface area (Å²) in [5.74, 6) is 1.24. The van der Waals surface area contributed by atoms with Gasteiger partial charge < -0.3 is 9.53 Å². The normalized spacial score (nSPS) is 28.4. The lowest BCUT2D eigenvalue weighted by Gasteiger charge is -2.09. The van der Waals surface area contributed by atoms with Crippen molar-refractivity contribution in [2.75, 3.05) is 0 Å². The molecule has 1 saturated carbocycles. The van der Waals surface area contributed by atoms with Crippen LogP contribution in [-0.4, -0.2) is 18.0 Å². The molecule has 2 heteroatoms. The van der Waals surface area contributed by atoms with Gasteiger partial charge in [-0.15, -0.1) is 0 Å². The number of ketones is 1. The van der Waals surface area contributed by atoms with Gasteiger partial charge in [0, 0.05) is 6.42 Å². The molecule has 1 heterocycles. The largest absolute Gasteiger partial charge is 0.369 e. The van der Waals surface area contributed by atoms with Crippen LogP contribution >= 0.6 is 0 Å². The third-order valence-electron chi connectivity index (χ3n) is 4.76. The number of carbonyl (C=O) groups is 1. The summed E-state index contributed by atoms with van der Waals surface area (Å²) in [6.45, 7) is 1.69. The quantitative estimate of drug-likeness (QED) is 0.402. The summed E-state index contributed by atoms with van der Waals surface area (Å²) >= 11 is 0. The lowest BCUT2D eigenvalue weighted by atomic mass is 9.98. The first-order valence-electron chi connectivity index (χ1n) is 8.42. The van der Waals surface area contributed by atoms with Crippen LogP contribution in [0.15, 0.2) is 0 Å². The van der Waals surface area contributed by atoms with Gasteiger partial charge in [0.25, 0.3) is 0 Å². The Balaban J connectivity index is 1.30. The van der Waals surface area contributed by atoms with Crippen LogP contribution in [0.1, 0.15) is 84.0 Å². The molecular formula is C17H30O2. The van der Waals surface area contributed by atoms with E-state index in [-0.39, 0.29) is 0 Å². The average Bonchev–Trinajstić information content (AvgIpc) is 3.06. The molecule has 2 nitrogen and oxygen atoms in total. The van der Waals surface area contributed by atoms with Crippen LogP contribution in [0.3, 0.4) is 0 Å². The van der Waals surface area contributed by atoms with Gasteiger partial charge in [-0.2, -0.15) is 0 Å². The lowest BCUT2D eigenvalue weighted by molar-refractivity contribution is -0.117. The zero-order valence-corrected chi connectivity index (χ0v) is 12.5. The number of carbonyl (C=O) groups excluding carboxylic acids is 1. The van der Waals surface area contributed by atoms with E-state index < -0.39 is 0 Å². The summed E-state index contributed by atoms with van der Waals surface area (Å²) in [5.41, 5.74) is 0. The Labute approximate surface area is 118 Å². The zero-order valence-electron chi connectivity index (χ0n) is 12.5. The van der Waals surface area contributed by atoms with E-state index in [1.54, 1.807) is 6.92 Å². The van der Waals surface area contributed by atoms with Crippen LogP contribution in [0.25, 0.3) is 0 Å². The van der Waals surface area contributed by atoms with Crippen molar-refractivity contribution in [1.29, 1.82) is 0 Å². The third kappa shape index (κ3) is 5.64. The van der Waals surface area contributed by atoms with E-state index in [0.29, 0.717) is 18.0 Å². The first-order chi connectivity index (χ1) is 9.27. The molecule has 0 aromatic rings. The van der Waals surface area contributed by atoms with Gasteiger partial charge in [-0.05, 0) is 38.5 Å². The van der Waals surface area contributed by atoms with E-state index in [9.17, 15) is 4.79 Å². The zero-order chi connectivity index (χ0) is 13.5. The summed E-state index contributed by atoms with van der Waals surface area (Å²) in [7, 11) is 0. The fraction of sp³-hybridized carbons (Fsp3) is 0.941. The second-order valence-electron chi connectivity index (χ2n) is 6.55. The Morgan fingerprint density at radius 1 is 0.947 bits per heavy atom. The molecule has 3 atom stereocenters. The predicted molar refractivity (Wildman–Crippen MR) is 78.2 cm³/mol. The fourth-order valence-electron chi connectivity index (χ4n) is 3.50. The van der Waals surface area contributed by atoms with Gasteiger partial charge in [0.2, 0.25) is 0 Å².